The number of aromatic nitrogens is 4. The molecule has 0 atom stereocenters. The summed E-state index contributed by atoms with van der Waals surface area (Å²) in [6.45, 7) is 5.37. The number of likely N-dealkylation sites (tertiary alicyclic amines) is 1. The molecule has 0 amide bonds. The second-order valence-electron chi connectivity index (χ2n) is 6.82. The number of thiazole rings is 1. The standard InChI is InChI=1S/C20H25N5S2/c1-2-8-19-21-16(14-26-19)15-27-20-23-22-18(13-24-11-6-7-12-24)25(20)17-9-4-3-5-10-17/h3-5,9-10,14H,2,6-8,11-13,15H2,1H3. The summed E-state index contributed by atoms with van der Waals surface area (Å²) in [4.78, 5) is 7.21. The van der Waals surface area contributed by atoms with Crippen LogP contribution in [0.2, 0.25) is 0 Å². The molecular formula is C20H25N5S2. The van der Waals surface area contributed by atoms with E-state index in [1.807, 2.05) is 6.07 Å². The van der Waals surface area contributed by atoms with Gasteiger partial charge in [-0.15, -0.1) is 21.5 Å². The molecule has 0 spiro atoms. The van der Waals surface area contributed by atoms with Crippen LogP contribution in [-0.4, -0.2) is 37.7 Å². The average molecular weight is 400 g/mol. The highest BCUT2D eigenvalue weighted by atomic mass is 32.2. The molecule has 0 unspecified atom stereocenters. The first kappa shape index (κ1) is 18.7. The number of para-hydroxylation sites is 1. The smallest absolute Gasteiger partial charge is 0.196 e. The number of aryl methyl sites for hydroxylation is 1. The van der Waals surface area contributed by atoms with Gasteiger partial charge in [0.1, 0.15) is 0 Å². The van der Waals surface area contributed by atoms with Gasteiger partial charge in [0.05, 0.1) is 17.2 Å². The molecule has 5 nitrogen and oxygen atoms in total. The van der Waals surface area contributed by atoms with Gasteiger partial charge in [-0.05, 0) is 50.9 Å². The van der Waals surface area contributed by atoms with Crippen LogP contribution in [0.25, 0.3) is 5.69 Å². The van der Waals surface area contributed by atoms with Gasteiger partial charge < -0.3 is 0 Å². The molecule has 7 heteroatoms. The predicted octanol–water partition coefficient (Wildman–Crippen LogP) is 4.56. The lowest BCUT2D eigenvalue weighted by atomic mass is 10.3. The Bertz CT molecular complexity index is 852. The van der Waals surface area contributed by atoms with E-state index in [2.05, 4.69) is 56.2 Å². The van der Waals surface area contributed by atoms with Crippen LogP contribution in [0.15, 0.2) is 40.9 Å². The topological polar surface area (TPSA) is 46.8 Å². The maximum atomic E-state index is 4.74. The summed E-state index contributed by atoms with van der Waals surface area (Å²) >= 11 is 3.48. The minimum Gasteiger partial charge on any atom is -0.296 e. The molecule has 1 aromatic carbocycles. The van der Waals surface area contributed by atoms with E-state index in [1.54, 1.807) is 23.1 Å². The monoisotopic (exact) mass is 399 g/mol. The maximum Gasteiger partial charge on any atom is 0.196 e. The van der Waals surface area contributed by atoms with Gasteiger partial charge in [0.25, 0.3) is 0 Å². The molecule has 0 radical (unpaired) electrons. The fraction of sp³-hybridized carbons (Fsp3) is 0.450. The molecule has 1 aliphatic heterocycles. The molecule has 0 saturated carbocycles. The quantitative estimate of drug-likeness (QED) is 0.520. The van der Waals surface area contributed by atoms with Crippen LogP contribution >= 0.6 is 23.1 Å². The summed E-state index contributed by atoms with van der Waals surface area (Å²) in [5, 5.41) is 13.4. The van der Waals surface area contributed by atoms with E-state index in [1.165, 1.54) is 17.8 Å². The van der Waals surface area contributed by atoms with Crippen LogP contribution in [0.3, 0.4) is 0 Å². The Morgan fingerprint density at radius 1 is 1.11 bits per heavy atom. The van der Waals surface area contributed by atoms with Crippen LogP contribution in [0.5, 0.6) is 0 Å². The van der Waals surface area contributed by atoms with Crippen LogP contribution in [0.1, 0.15) is 42.7 Å². The lowest BCUT2D eigenvalue weighted by Gasteiger charge is -2.15. The first-order valence-corrected chi connectivity index (χ1v) is 11.5. The molecule has 1 aliphatic rings. The van der Waals surface area contributed by atoms with Crippen LogP contribution in [0, 0.1) is 0 Å². The Kier molecular flexibility index (Phi) is 6.21. The number of thioether (sulfide) groups is 1. The molecule has 3 aromatic rings. The zero-order valence-electron chi connectivity index (χ0n) is 15.7. The van der Waals surface area contributed by atoms with E-state index in [0.717, 1.165) is 60.6 Å². The van der Waals surface area contributed by atoms with E-state index < -0.39 is 0 Å². The molecule has 142 valence electrons. The molecule has 0 aliphatic carbocycles. The highest BCUT2D eigenvalue weighted by Gasteiger charge is 2.19. The van der Waals surface area contributed by atoms with Crippen molar-refractivity contribution in [3.8, 4) is 5.69 Å². The first-order chi connectivity index (χ1) is 13.3. The second kappa shape index (κ2) is 8.99. The Morgan fingerprint density at radius 3 is 2.70 bits per heavy atom. The summed E-state index contributed by atoms with van der Waals surface area (Å²) in [7, 11) is 0. The minimum absolute atomic E-state index is 0.828. The van der Waals surface area contributed by atoms with E-state index in [4.69, 9.17) is 4.98 Å². The van der Waals surface area contributed by atoms with Gasteiger partial charge in [0, 0.05) is 16.8 Å². The molecule has 4 rings (SSSR count). The predicted molar refractivity (Wildman–Crippen MR) is 112 cm³/mol. The van der Waals surface area contributed by atoms with E-state index in [-0.39, 0.29) is 0 Å². The third-order valence-electron chi connectivity index (χ3n) is 4.69. The van der Waals surface area contributed by atoms with Crippen molar-refractivity contribution < 1.29 is 0 Å². The molecule has 1 fully saturated rings. The van der Waals surface area contributed by atoms with Gasteiger partial charge >= 0.3 is 0 Å². The van der Waals surface area contributed by atoms with Gasteiger partial charge in [-0.3, -0.25) is 9.47 Å². The highest BCUT2D eigenvalue weighted by Crippen LogP contribution is 2.27. The Labute approximate surface area is 168 Å². The third kappa shape index (κ3) is 4.59. The fourth-order valence-electron chi connectivity index (χ4n) is 3.36. The molecule has 0 N–H and O–H groups in total. The van der Waals surface area contributed by atoms with E-state index in [0.29, 0.717) is 0 Å². The van der Waals surface area contributed by atoms with Crippen molar-refractivity contribution in [1.29, 1.82) is 0 Å². The molecular weight excluding hydrogens is 374 g/mol. The van der Waals surface area contributed by atoms with Gasteiger partial charge in [-0.25, -0.2) is 4.98 Å². The van der Waals surface area contributed by atoms with Gasteiger partial charge in [0.2, 0.25) is 0 Å². The van der Waals surface area contributed by atoms with Crippen LogP contribution < -0.4 is 0 Å². The van der Waals surface area contributed by atoms with Crippen molar-refractivity contribution in [2.24, 2.45) is 0 Å². The highest BCUT2D eigenvalue weighted by molar-refractivity contribution is 7.98. The van der Waals surface area contributed by atoms with Gasteiger partial charge in [-0.1, -0.05) is 36.9 Å². The summed E-state index contributed by atoms with van der Waals surface area (Å²) in [5.41, 5.74) is 2.27. The Hall–Kier alpha value is -1.70. The molecule has 1 saturated heterocycles. The molecule has 3 heterocycles. The van der Waals surface area contributed by atoms with Gasteiger partial charge in [0.15, 0.2) is 11.0 Å². The van der Waals surface area contributed by atoms with Crippen LogP contribution in [0.4, 0.5) is 0 Å². The van der Waals surface area contributed by atoms with Crippen LogP contribution in [-0.2, 0) is 18.7 Å². The Morgan fingerprint density at radius 2 is 1.93 bits per heavy atom. The second-order valence-corrected chi connectivity index (χ2v) is 8.71. The summed E-state index contributed by atoms with van der Waals surface area (Å²) < 4.78 is 2.21. The van der Waals surface area contributed by atoms with Crippen molar-refractivity contribution in [1.82, 2.24) is 24.6 Å². The lowest BCUT2D eigenvalue weighted by molar-refractivity contribution is 0.319. The normalized spacial score (nSPS) is 14.9. The zero-order chi connectivity index (χ0) is 18.5. The SMILES string of the molecule is CCCc1nc(CSc2nnc(CN3CCCC3)n2-c2ccccc2)cs1. The minimum atomic E-state index is 0.828. The largest absolute Gasteiger partial charge is 0.296 e. The van der Waals surface area contributed by atoms with Crippen molar-refractivity contribution >= 4 is 23.1 Å². The van der Waals surface area contributed by atoms with Gasteiger partial charge in [-0.2, -0.15) is 0 Å². The van der Waals surface area contributed by atoms with E-state index >= 15 is 0 Å². The summed E-state index contributed by atoms with van der Waals surface area (Å²) in [6.07, 6.45) is 4.77. The molecule has 0 bridgehead atoms. The zero-order valence-corrected chi connectivity index (χ0v) is 17.3. The first-order valence-electron chi connectivity index (χ1n) is 9.61. The maximum absolute atomic E-state index is 4.74. The summed E-state index contributed by atoms with van der Waals surface area (Å²) in [6, 6.07) is 10.4. The van der Waals surface area contributed by atoms with E-state index in [9.17, 15) is 0 Å². The number of hydrogen-bond acceptors (Lipinski definition) is 6. The molecule has 27 heavy (non-hydrogen) atoms. The van der Waals surface area contributed by atoms with Crippen molar-refractivity contribution in [3.63, 3.8) is 0 Å². The number of rotatable bonds is 8. The number of hydrogen-bond donors (Lipinski definition) is 0. The van der Waals surface area contributed by atoms with Crippen molar-refractivity contribution in [3.05, 3.63) is 52.2 Å². The average Bonchev–Trinajstić information content (AvgIpc) is 3.43. The van der Waals surface area contributed by atoms with Crippen molar-refractivity contribution in [2.75, 3.05) is 13.1 Å². The Balaban J connectivity index is 1.54. The lowest BCUT2D eigenvalue weighted by Crippen LogP contribution is -2.21. The summed E-state index contributed by atoms with van der Waals surface area (Å²) in [5.74, 6) is 1.85. The van der Waals surface area contributed by atoms with Crippen molar-refractivity contribution in [2.45, 2.75) is 50.1 Å². The molecule has 2 aromatic heterocycles. The number of benzene rings is 1. The fourth-order valence-corrected chi connectivity index (χ4v) is 5.22. The number of nitrogens with zero attached hydrogens (tertiary/aromatic N) is 5. The third-order valence-corrected chi connectivity index (χ3v) is 6.61.